The molecule has 0 radical (unpaired) electrons. The van der Waals surface area contributed by atoms with E-state index in [1.165, 1.54) is 0 Å². The highest BCUT2D eigenvalue weighted by Gasteiger charge is 2.41. The van der Waals surface area contributed by atoms with E-state index < -0.39 is 29.8 Å². The second kappa shape index (κ2) is 7.29. The Morgan fingerprint density at radius 2 is 1.77 bits per heavy atom. The van der Waals surface area contributed by atoms with Crippen molar-refractivity contribution in [3.8, 4) is 28.6 Å². The second-order valence-electron chi connectivity index (χ2n) is 6.54. The SMILES string of the molecule is CC(Oc1ccc(-c2nc(-c3ccc4nccn4c3)no2)cc1C(F)(F)F)C(F)(F)F. The highest BCUT2D eigenvalue weighted by Crippen LogP contribution is 2.40. The lowest BCUT2D eigenvalue weighted by atomic mass is 10.1. The molecule has 0 aliphatic rings. The number of imidazole rings is 1. The van der Waals surface area contributed by atoms with E-state index in [0.29, 0.717) is 24.2 Å². The average Bonchev–Trinajstić information content (AvgIpc) is 3.35. The Kier molecular flexibility index (Phi) is 4.86. The maximum absolute atomic E-state index is 13.4. The maximum Gasteiger partial charge on any atom is 0.425 e. The maximum atomic E-state index is 13.4. The van der Waals surface area contributed by atoms with Gasteiger partial charge in [-0.15, -0.1) is 0 Å². The van der Waals surface area contributed by atoms with Crippen LogP contribution in [0.3, 0.4) is 0 Å². The Balaban J connectivity index is 1.68. The first-order chi connectivity index (χ1) is 14.5. The number of hydrogen-bond acceptors (Lipinski definition) is 5. The summed E-state index contributed by atoms with van der Waals surface area (Å²) in [6.45, 7) is 0.620. The number of rotatable bonds is 4. The predicted octanol–water partition coefficient (Wildman–Crippen LogP) is 5.40. The van der Waals surface area contributed by atoms with Gasteiger partial charge in [-0.3, -0.25) is 0 Å². The molecule has 162 valence electrons. The van der Waals surface area contributed by atoms with Gasteiger partial charge in [0.15, 0.2) is 6.10 Å². The van der Waals surface area contributed by atoms with Crippen LogP contribution in [-0.2, 0) is 6.18 Å². The summed E-state index contributed by atoms with van der Waals surface area (Å²) in [5.74, 6) is -1.07. The molecular weight excluding hydrogens is 430 g/mol. The zero-order valence-corrected chi connectivity index (χ0v) is 15.6. The smallest absolute Gasteiger partial charge is 0.425 e. The summed E-state index contributed by atoms with van der Waals surface area (Å²) < 4.78 is 89.7. The Morgan fingerprint density at radius 1 is 1.03 bits per heavy atom. The standard InChI is InChI=1S/C19H12F6N4O2/c1-10(18(20,21)22)30-14-4-2-11(8-13(14)19(23,24)25)17-27-16(28-31-17)12-3-5-15-26-6-7-29(15)9-12/h2-10H,1H3. The fourth-order valence-electron chi connectivity index (χ4n) is 2.75. The predicted molar refractivity (Wildman–Crippen MR) is 95.1 cm³/mol. The van der Waals surface area contributed by atoms with Gasteiger partial charge in [0.1, 0.15) is 11.4 Å². The summed E-state index contributed by atoms with van der Waals surface area (Å²) in [6, 6.07) is 5.87. The molecule has 0 fully saturated rings. The number of nitrogens with zero attached hydrogens (tertiary/aromatic N) is 4. The van der Waals surface area contributed by atoms with Gasteiger partial charge in [-0.1, -0.05) is 5.16 Å². The molecule has 0 N–H and O–H groups in total. The number of ether oxygens (including phenoxy) is 1. The third kappa shape index (κ3) is 4.18. The molecule has 3 heterocycles. The summed E-state index contributed by atoms with van der Waals surface area (Å²) in [4.78, 5) is 8.19. The van der Waals surface area contributed by atoms with Gasteiger partial charge in [-0.05, 0) is 37.3 Å². The normalized spacial score (nSPS) is 13.5. The van der Waals surface area contributed by atoms with Crippen molar-refractivity contribution < 1.29 is 35.6 Å². The molecule has 1 unspecified atom stereocenters. The largest absolute Gasteiger partial charge is 0.481 e. The summed E-state index contributed by atoms with van der Waals surface area (Å²) in [5, 5.41) is 3.77. The molecule has 0 saturated heterocycles. The second-order valence-corrected chi connectivity index (χ2v) is 6.54. The van der Waals surface area contributed by atoms with Crippen molar-refractivity contribution in [2.24, 2.45) is 0 Å². The minimum absolute atomic E-state index is 0.116. The van der Waals surface area contributed by atoms with Gasteiger partial charge >= 0.3 is 12.4 Å². The summed E-state index contributed by atoms with van der Waals surface area (Å²) in [6.07, 6.45) is -7.27. The Hall–Kier alpha value is -3.57. The topological polar surface area (TPSA) is 65.5 Å². The van der Waals surface area contributed by atoms with E-state index in [9.17, 15) is 26.3 Å². The van der Waals surface area contributed by atoms with Crippen LogP contribution in [-0.4, -0.2) is 31.8 Å². The minimum atomic E-state index is -4.97. The first-order valence-corrected chi connectivity index (χ1v) is 8.74. The van der Waals surface area contributed by atoms with Crippen LogP contribution in [0.15, 0.2) is 53.4 Å². The van der Waals surface area contributed by atoms with Crippen molar-refractivity contribution >= 4 is 5.65 Å². The molecule has 3 aromatic heterocycles. The monoisotopic (exact) mass is 442 g/mol. The molecule has 1 aromatic carbocycles. The number of halogens is 6. The van der Waals surface area contributed by atoms with Crippen LogP contribution in [0.2, 0.25) is 0 Å². The van der Waals surface area contributed by atoms with Gasteiger partial charge in [-0.2, -0.15) is 31.3 Å². The van der Waals surface area contributed by atoms with Crippen LogP contribution in [0.5, 0.6) is 5.75 Å². The first-order valence-electron chi connectivity index (χ1n) is 8.74. The molecule has 4 rings (SSSR count). The highest BCUT2D eigenvalue weighted by atomic mass is 19.4. The molecule has 1 atom stereocenters. The van der Waals surface area contributed by atoms with Crippen molar-refractivity contribution in [1.29, 1.82) is 0 Å². The van der Waals surface area contributed by atoms with Crippen LogP contribution >= 0.6 is 0 Å². The molecule has 6 nitrogen and oxygen atoms in total. The molecule has 31 heavy (non-hydrogen) atoms. The fraction of sp³-hybridized carbons (Fsp3) is 0.211. The van der Waals surface area contributed by atoms with Crippen LogP contribution in [0.25, 0.3) is 28.5 Å². The van der Waals surface area contributed by atoms with Crippen LogP contribution in [0, 0.1) is 0 Å². The molecular formula is C19H12F6N4O2. The molecule has 0 aliphatic carbocycles. The molecule has 0 amide bonds. The lowest BCUT2D eigenvalue weighted by Gasteiger charge is -2.20. The van der Waals surface area contributed by atoms with E-state index in [-0.39, 0.29) is 17.3 Å². The third-order valence-electron chi connectivity index (χ3n) is 4.37. The number of hydrogen-bond donors (Lipinski definition) is 0. The van der Waals surface area contributed by atoms with Crippen molar-refractivity contribution in [3.05, 3.63) is 54.5 Å². The molecule has 0 aliphatic heterocycles. The van der Waals surface area contributed by atoms with Gasteiger partial charge < -0.3 is 13.7 Å². The van der Waals surface area contributed by atoms with Gasteiger partial charge in [0.25, 0.3) is 5.89 Å². The first kappa shape index (κ1) is 20.7. The summed E-state index contributed by atoms with van der Waals surface area (Å²) in [7, 11) is 0. The van der Waals surface area contributed by atoms with Gasteiger partial charge in [0.2, 0.25) is 5.82 Å². The molecule has 4 aromatic rings. The number of fused-ring (bicyclic) bond motifs is 1. The highest BCUT2D eigenvalue weighted by molar-refractivity contribution is 5.62. The van der Waals surface area contributed by atoms with Gasteiger partial charge in [0.05, 0.1) is 5.56 Å². The quantitative estimate of drug-likeness (QED) is 0.396. The van der Waals surface area contributed by atoms with Crippen molar-refractivity contribution in [2.45, 2.75) is 25.4 Å². The molecule has 0 bridgehead atoms. The Labute approximate surface area is 170 Å². The molecule has 0 spiro atoms. The third-order valence-corrected chi connectivity index (χ3v) is 4.37. The molecule has 0 saturated carbocycles. The lowest BCUT2D eigenvalue weighted by Crippen LogP contribution is -2.31. The number of pyridine rings is 1. The minimum Gasteiger partial charge on any atom is -0.481 e. The average molecular weight is 442 g/mol. The van der Waals surface area contributed by atoms with Crippen LogP contribution in [0.4, 0.5) is 26.3 Å². The summed E-state index contributed by atoms with van der Waals surface area (Å²) >= 11 is 0. The summed E-state index contributed by atoms with van der Waals surface area (Å²) in [5.41, 5.74) is -0.316. The Bertz CT molecular complexity index is 1230. The number of aromatic nitrogens is 4. The zero-order chi connectivity index (χ0) is 22.4. The van der Waals surface area contributed by atoms with E-state index in [4.69, 9.17) is 4.52 Å². The molecule has 12 heteroatoms. The van der Waals surface area contributed by atoms with E-state index in [1.807, 2.05) is 0 Å². The van der Waals surface area contributed by atoms with Crippen molar-refractivity contribution in [3.63, 3.8) is 0 Å². The van der Waals surface area contributed by atoms with Crippen molar-refractivity contribution in [1.82, 2.24) is 19.5 Å². The zero-order valence-electron chi connectivity index (χ0n) is 15.6. The van der Waals surface area contributed by atoms with Gasteiger partial charge in [0, 0.05) is 29.7 Å². The van der Waals surface area contributed by atoms with Crippen LogP contribution < -0.4 is 4.74 Å². The number of benzene rings is 1. The number of alkyl halides is 6. The van der Waals surface area contributed by atoms with E-state index in [2.05, 4.69) is 19.9 Å². The van der Waals surface area contributed by atoms with E-state index in [1.54, 1.807) is 35.1 Å². The van der Waals surface area contributed by atoms with E-state index >= 15 is 0 Å². The lowest BCUT2D eigenvalue weighted by molar-refractivity contribution is -0.191. The Morgan fingerprint density at radius 3 is 2.48 bits per heavy atom. The van der Waals surface area contributed by atoms with Crippen LogP contribution in [0.1, 0.15) is 12.5 Å². The van der Waals surface area contributed by atoms with Gasteiger partial charge in [-0.25, -0.2) is 4.98 Å². The fourth-order valence-corrected chi connectivity index (χ4v) is 2.75. The van der Waals surface area contributed by atoms with E-state index in [0.717, 1.165) is 12.1 Å². The van der Waals surface area contributed by atoms with Crippen molar-refractivity contribution in [2.75, 3.05) is 0 Å².